The zero-order valence-electron chi connectivity index (χ0n) is 18.6. The summed E-state index contributed by atoms with van der Waals surface area (Å²) in [6, 6.07) is 6.00. The summed E-state index contributed by atoms with van der Waals surface area (Å²) in [5.74, 6) is 0.671. The topological polar surface area (TPSA) is 77.6 Å². The maximum Gasteiger partial charge on any atom is 0.251 e. The van der Waals surface area contributed by atoms with Gasteiger partial charge in [0.1, 0.15) is 5.75 Å². The predicted molar refractivity (Wildman–Crippen MR) is 119 cm³/mol. The number of primary amides is 1. The molecule has 2 amide bonds. The van der Waals surface area contributed by atoms with Crippen LogP contribution < -0.4 is 10.5 Å². The molecule has 2 heterocycles. The second kappa shape index (κ2) is 9.37. The number of hydrogen-bond acceptors (Lipinski definition) is 3. The van der Waals surface area contributed by atoms with Crippen molar-refractivity contribution in [3.05, 3.63) is 40.7 Å². The first-order chi connectivity index (χ1) is 14.4. The zero-order chi connectivity index (χ0) is 21.8. The number of rotatable bonds is 9. The molecule has 0 unspecified atom stereocenters. The van der Waals surface area contributed by atoms with Crippen molar-refractivity contribution in [3.8, 4) is 16.9 Å². The van der Waals surface area contributed by atoms with Crippen LogP contribution in [0.4, 0.5) is 0 Å². The maximum atomic E-state index is 12.5. The van der Waals surface area contributed by atoms with Crippen molar-refractivity contribution in [1.29, 1.82) is 0 Å². The molecular formula is C24H33N3O3. The van der Waals surface area contributed by atoms with Gasteiger partial charge in [-0.3, -0.25) is 9.59 Å². The number of carbonyl (C=O) groups excluding carboxylic acids is 2. The fourth-order valence-electron chi connectivity index (χ4n) is 4.60. The quantitative estimate of drug-likeness (QED) is 0.681. The van der Waals surface area contributed by atoms with Crippen LogP contribution in [0.3, 0.4) is 0 Å². The van der Waals surface area contributed by atoms with Crippen molar-refractivity contribution in [2.24, 2.45) is 5.73 Å². The molecule has 1 saturated heterocycles. The third kappa shape index (κ3) is 4.23. The lowest BCUT2D eigenvalue weighted by Crippen LogP contribution is -2.26. The number of hydrogen-bond donors (Lipinski definition) is 1. The second-order valence-corrected chi connectivity index (χ2v) is 8.07. The van der Waals surface area contributed by atoms with E-state index in [-0.39, 0.29) is 5.91 Å². The van der Waals surface area contributed by atoms with Crippen LogP contribution in [-0.2, 0) is 17.8 Å². The molecule has 30 heavy (non-hydrogen) atoms. The van der Waals surface area contributed by atoms with Gasteiger partial charge in [0.05, 0.1) is 12.7 Å². The summed E-state index contributed by atoms with van der Waals surface area (Å²) < 4.78 is 7.64. The Morgan fingerprint density at radius 3 is 2.57 bits per heavy atom. The van der Waals surface area contributed by atoms with Crippen LogP contribution in [0.5, 0.6) is 5.75 Å². The fraction of sp³-hybridized carbons (Fsp3) is 0.500. The molecule has 162 valence electrons. The van der Waals surface area contributed by atoms with Crippen molar-refractivity contribution in [2.75, 3.05) is 20.2 Å². The van der Waals surface area contributed by atoms with E-state index >= 15 is 0 Å². The Balaban J connectivity index is 2.00. The first-order valence-electron chi connectivity index (χ1n) is 10.8. The van der Waals surface area contributed by atoms with E-state index in [2.05, 4.69) is 17.6 Å². The largest absolute Gasteiger partial charge is 0.496 e. The maximum absolute atomic E-state index is 12.5. The Kier molecular flexibility index (Phi) is 6.85. The molecule has 0 spiro atoms. The van der Waals surface area contributed by atoms with Crippen LogP contribution >= 0.6 is 0 Å². The first kappa shape index (κ1) is 21.9. The van der Waals surface area contributed by atoms with Gasteiger partial charge < -0.3 is 19.9 Å². The number of benzene rings is 1. The summed E-state index contributed by atoms with van der Waals surface area (Å²) in [4.78, 5) is 26.3. The molecule has 1 aliphatic heterocycles. The van der Waals surface area contributed by atoms with E-state index in [9.17, 15) is 9.59 Å². The summed E-state index contributed by atoms with van der Waals surface area (Å²) in [5.41, 5.74) is 11.4. The molecule has 6 nitrogen and oxygen atoms in total. The standard InChI is InChI=1S/C24H33N3O3/c1-5-8-19-23(18-10-11-20(30-4)16(2)15-18)22(24(25)29)17(3)27(19)14-7-13-26-12-6-9-21(26)28/h10-11,15H,5-9,12-14H2,1-4H3,(H2,25,29). The van der Waals surface area contributed by atoms with Crippen LogP contribution in [-0.4, -0.2) is 41.5 Å². The summed E-state index contributed by atoms with van der Waals surface area (Å²) in [7, 11) is 1.66. The molecule has 1 aliphatic rings. The molecule has 0 radical (unpaired) electrons. The van der Waals surface area contributed by atoms with E-state index < -0.39 is 5.91 Å². The number of ether oxygens (including phenoxy) is 1. The van der Waals surface area contributed by atoms with E-state index in [4.69, 9.17) is 10.5 Å². The number of amides is 2. The number of methoxy groups -OCH3 is 1. The summed E-state index contributed by atoms with van der Waals surface area (Å²) in [5, 5.41) is 0. The molecule has 6 heteroatoms. The SMILES string of the molecule is CCCc1c(-c2ccc(OC)c(C)c2)c(C(N)=O)c(C)n1CCCN1CCCC1=O. The lowest BCUT2D eigenvalue weighted by atomic mass is 9.96. The van der Waals surface area contributed by atoms with E-state index in [1.807, 2.05) is 30.9 Å². The van der Waals surface area contributed by atoms with Crippen molar-refractivity contribution < 1.29 is 14.3 Å². The fourth-order valence-corrected chi connectivity index (χ4v) is 4.60. The van der Waals surface area contributed by atoms with E-state index in [1.54, 1.807) is 7.11 Å². The normalized spacial score (nSPS) is 13.9. The molecule has 3 rings (SSSR count). The number of nitrogens with two attached hydrogens (primary N) is 1. The molecule has 1 aromatic heterocycles. The van der Waals surface area contributed by atoms with Gasteiger partial charge in [0.2, 0.25) is 5.91 Å². The molecule has 2 N–H and O–H groups in total. The lowest BCUT2D eigenvalue weighted by molar-refractivity contribution is -0.127. The average Bonchev–Trinajstić information content (AvgIpc) is 3.23. The van der Waals surface area contributed by atoms with Crippen molar-refractivity contribution in [1.82, 2.24) is 9.47 Å². The Morgan fingerprint density at radius 2 is 2.00 bits per heavy atom. The number of carbonyl (C=O) groups is 2. The van der Waals surface area contributed by atoms with E-state index in [1.165, 1.54) is 0 Å². The molecule has 0 bridgehead atoms. The highest BCUT2D eigenvalue weighted by Gasteiger charge is 2.25. The molecule has 0 atom stereocenters. The third-order valence-electron chi connectivity index (χ3n) is 6.03. The van der Waals surface area contributed by atoms with Gasteiger partial charge in [-0.15, -0.1) is 0 Å². The van der Waals surface area contributed by atoms with Gasteiger partial charge in [-0.2, -0.15) is 0 Å². The molecule has 0 aliphatic carbocycles. The number of aromatic nitrogens is 1. The molecule has 2 aromatic rings. The minimum Gasteiger partial charge on any atom is -0.496 e. The second-order valence-electron chi connectivity index (χ2n) is 8.07. The van der Waals surface area contributed by atoms with E-state index in [0.29, 0.717) is 12.0 Å². The van der Waals surface area contributed by atoms with Gasteiger partial charge in [0.25, 0.3) is 5.91 Å². The third-order valence-corrected chi connectivity index (χ3v) is 6.03. The van der Waals surface area contributed by atoms with Crippen molar-refractivity contribution in [2.45, 2.75) is 59.4 Å². The summed E-state index contributed by atoms with van der Waals surface area (Å²) in [6.07, 6.45) is 4.30. The highest BCUT2D eigenvalue weighted by Crippen LogP contribution is 2.36. The Labute approximate surface area is 179 Å². The summed E-state index contributed by atoms with van der Waals surface area (Å²) >= 11 is 0. The van der Waals surface area contributed by atoms with E-state index in [0.717, 1.165) is 79.1 Å². The van der Waals surface area contributed by atoms with Crippen molar-refractivity contribution in [3.63, 3.8) is 0 Å². The summed E-state index contributed by atoms with van der Waals surface area (Å²) in [6.45, 7) is 8.49. The van der Waals surface area contributed by atoms with Gasteiger partial charge in [-0.1, -0.05) is 19.4 Å². The van der Waals surface area contributed by atoms with Crippen LogP contribution in [0.1, 0.15) is 59.9 Å². The smallest absolute Gasteiger partial charge is 0.251 e. The number of likely N-dealkylation sites (tertiary alicyclic amines) is 1. The molecule has 0 saturated carbocycles. The predicted octanol–water partition coefficient (Wildman–Crippen LogP) is 3.84. The molecule has 1 aromatic carbocycles. The van der Waals surface area contributed by atoms with Gasteiger partial charge >= 0.3 is 0 Å². The average molecular weight is 412 g/mol. The van der Waals surface area contributed by atoms with Gasteiger partial charge in [-0.05, 0) is 56.4 Å². The van der Waals surface area contributed by atoms with Gasteiger partial charge in [0.15, 0.2) is 0 Å². The first-order valence-corrected chi connectivity index (χ1v) is 10.8. The monoisotopic (exact) mass is 411 g/mol. The van der Waals surface area contributed by atoms with Crippen molar-refractivity contribution >= 4 is 11.8 Å². The Morgan fingerprint density at radius 1 is 1.23 bits per heavy atom. The van der Waals surface area contributed by atoms with Gasteiger partial charge in [-0.25, -0.2) is 0 Å². The van der Waals surface area contributed by atoms with Crippen LogP contribution in [0.25, 0.3) is 11.1 Å². The van der Waals surface area contributed by atoms with Crippen LogP contribution in [0, 0.1) is 13.8 Å². The minimum absolute atomic E-state index is 0.250. The highest BCUT2D eigenvalue weighted by atomic mass is 16.5. The Hall–Kier alpha value is -2.76. The Bertz CT molecular complexity index is 946. The lowest BCUT2D eigenvalue weighted by Gasteiger charge is -2.17. The van der Waals surface area contributed by atoms with Crippen LogP contribution in [0.2, 0.25) is 0 Å². The number of aryl methyl sites for hydroxylation is 1. The molecule has 1 fully saturated rings. The van der Waals surface area contributed by atoms with Gasteiger partial charge in [0, 0.05) is 43.0 Å². The molecular weight excluding hydrogens is 378 g/mol. The number of nitrogens with zero attached hydrogens (tertiary/aromatic N) is 2. The highest BCUT2D eigenvalue weighted by molar-refractivity contribution is 6.02. The van der Waals surface area contributed by atoms with Crippen LogP contribution in [0.15, 0.2) is 18.2 Å². The minimum atomic E-state index is -0.401. The zero-order valence-corrected chi connectivity index (χ0v) is 18.6.